The molecule has 3 aromatic rings. The summed E-state index contributed by atoms with van der Waals surface area (Å²) >= 11 is 7.29. The standard InChI is InChI=1S/C15H12ClN3S/c1-10-14(11-5-3-2-4-6-11)19(15(17)20-10)12-7-8-13(16)18-9-12/h2-9,17H,1H3. The highest BCUT2D eigenvalue weighted by Gasteiger charge is 2.13. The van der Waals surface area contributed by atoms with Gasteiger partial charge in [-0.3, -0.25) is 9.98 Å². The number of nitrogens with one attached hydrogen (secondary N) is 1. The van der Waals surface area contributed by atoms with E-state index in [1.165, 1.54) is 11.3 Å². The maximum absolute atomic E-state index is 8.19. The number of hydrogen-bond donors (Lipinski definition) is 1. The minimum atomic E-state index is 0.453. The van der Waals surface area contributed by atoms with E-state index in [2.05, 4.69) is 4.98 Å². The number of pyridine rings is 1. The van der Waals surface area contributed by atoms with E-state index < -0.39 is 0 Å². The number of rotatable bonds is 2. The summed E-state index contributed by atoms with van der Waals surface area (Å²) in [5.74, 6) is 0. The predicted molar refractivity (Wildman–Crippen MR) is 82.5 cm³/mol. The Kier molecular flexibility index (Phi) is 3.42. The highest BCUT2D eigenvalue weighted by atomic mass is 35.5. The highest BCUT2D eigenvalue weighted by Crippen LogP contribution is 2.27. The zero-order valence-corrected chi connectivity index (χ0v) is 12.4. The summed E-state index contributed by atoms with van der Waals surface area (Å²) in [4.78, 5) is 5.69. The molecule has 0 aliphatic rings. The van der Waals surface area contributed by atoms with Crippen molar-refractivity contribution in [2.24, 2.45) is 0 Å². The number of halogens is 1. The van der Waals surface area contributed by atoms with Crippen LogP contribution in [-0.4, -0.2) is 9.55 Å². The van der Waals surface area contributed by atoms with Crippen molar-refractivity contribution in [2.75, 3.05) is 0 Å². The van der Waals surface area contributed by atoms with Crippen molar-refractivity contribution in [2.45, 2.75) is 6.92 Å². The van der Waals surface area contributed by atoms with Crippen LogP contribution in [0.4, 0.5) is 0 Å². The van der Waals surface area contributed by atoms with Gasteiger partial charge < -0.3 is 0 Å². The molecule has 5 heteroatoms. The van der Waals surface area contributed by atoms with Gasteiger partial charge in [0.05, 0.1) is 17.6 Å². The van der Waals surface area contributed by atoms with Crippen molar-refractivity contribution in [3.05, 3.63) is 63.5 Å². The molecule has 1 N–H and O–H groups in total. The quantitative estimate of drug-likeness (QED) is 0.713. The van der Waals surface area contributed by atoms with E-state index in [9.17, 15) is 0 Å². The van der Waals surface area contributed by atoms with Gasteiger partial charge in [-0.15, -0.1) is 11.3 Å². The first-order valence-corrected chi connectivity index (χ1v) is 7.30. The Bertz CT molecular complexity index is 788. The molecule has 0 unspecified atom stereocenters. The zero-order valence-electron chi connectivity index (χ0n) is 10.8. The second-order valence-corrected chi connectivity index (χ2v) is 5.94. The summed E-state index contributed by atoms with van der Waals surface area (Å²) in [6.45, 7) is 2.03. The first-order chi connectivity index (χ1) is 9.66. The topological polar surface area (TPSA) is 41.7 Å². The molecule has 0 spiro atoms. The van der Waals surface area contributed by atoms with E-state index in [0.29, 0.717) is 9.95 Å². The number of thiazole rings is 1. The van der Waals surface area contributed by atoms with Gasteiger partial charge in [0.1, 0.15) is 5.15 Å². The molecule has 0 saturated heterocycles. The molecule has 2 heterocycles. The van der Waals surface area contributed by atoms with Crippen molar-refractivity contribution in [3.8, 4) is 16.9 Å². The van der Waals surface area contributed by atoms with Crippen LogP contribution in [0.1, 0.15) is 4.88 Å². The molecule has 3 rings (SSSR count). The minimum Gasteiger partial charge on any atom is -0.284 e. The molecule has 0 fully saturated rings. The van der Waals surface area contributed by atoms with Gasteiger partial charge in [0, 0.05) is 4.88 Å². The Labute approximate surface area is 125 Å². The summed E-state index contributed by atoms with van der Waals surface area (Å²) in [5, 5.41) is 8.65. The molecule has 0 atom stereocenters. The summed E-state index contributed by atoms with van der Waals surface area (Å²) in [6.07, 6.45) is 1.69. The van der Waals surface area contributed by atoms with Crippen molar-refractivity contribution < 1.29 is 0 Å². The first kappa shape index (κ1) is 13.1. The zero-order chi connectivity index (χ0) is 14.1. The van der Waals surface area contributed by atoms with Crippen LogP contribution in [0.15, 0.2) is 48.7 Å². The summed E-state index contributed by atoms with van der Waals surface area (Å²) in [7, 11) is 0. The number of aryl methyl sites for hydroxylation is 1. The Morgan fingerprint density at radius 1 is 1.15 bits per heavy atom. The molecule has 0 amide bonds. The molecule has 0 saturated carbocycles. The molecule has 1 aromatic carbocycles. The molecular weight excluding hydrogens is 290 g/mol. The molecular formula is C15H12ClN3S. The fourth-order valence-corrected chi connectivity index (χ4v) is 3.17. The molecule has 0 radical (unpaired) electrons. The van der Waals surface area contributed by atoms with Crippen molar-refractivity contribution >= 4 is 22.9 Å². The van der Waals surface area contributed by atoms with Gasteiger partial charge in [-0.25, -0.2) is 4.98 Å². The third-order valence-electron chi connectivity index (χ3n) is 3.03. The second kappa shape index (κ2) is 5.23. The fourth-order valence-electron chi connectivity index (χ4n) is 2.17. The Morgan fingerprint density at radius 2 is 1.90 bits per heavy atom. The maximum Gasteiger partial charge on any atom is 0.187 e. The lowest BCUT2D eigenvalue weighted by Gasteiger charge is -2.09. The average Bonchev–Trinajstić information content (AvgIpc) is 2.75. The summed E-state index contributed by atoms with van der Waals surface area (Å²) < 4.78 is 1.90. The van der Waals surface area contributed by atoms with Gasteiger partial charge in [-0.05, 0) is 24.6 Å². The van der Waals surface area contributed by atoms with E-state index >= 15 is 0 Å². The summed E-state index contributed by atoms with van der Waals surface area (Å²) in [5.41, 5.74) is 2.97. The van der Waals surface area contributed by atoms with E-state index in [0.717, 1.165) is 21.8 Å². The van der Waals surface area contributed by atoms with Gasteiger partial charge in [-0.1, -0.05) is 41.9 Å². The van der Waals surface area contributed by atoms with E-state index in [1.54, 1.807) is 12.3 Å². The van der Waals surface area contributed by atoms with Gasteiger partial charge in [0.15, 0.2) is 4.80 Å². The third-order valence-corrected chi connectivity index (χ3v) is 4.13. The fraction of sp³-hybridized carbons (Fsp3) is 0.0667. The number of nitrogens with zero attached hydrogens (tertiary/aromatic N) is 2. The monoisotopic (exact) mass is 301 g/mol. The number of hydrogen-bond acceptors (Lipinski definition) is 3. The van der Waals surface area contributed by atoms with Gasteiger partial charge in [0.25, 0.3) is 0 Å². The summed E-state index contributed by atoms with van der Waals surface area (Å²) in [6, 6.07) is 13.7. The van der Waals surface area contributed by atoms with Crippen LogP contribution in [0.3, 0.4) is 0 Å². The normalized spacial score (nSPS) is 10.7. The Hall–Kier alpha value is -1.91. The van der Waals surface area contributed by atoms with E-state index in [-0.39, 0.29) is 0 Å². The Morgan fingerprint density at radius 3 is 2.55 bits per heavy atom. The highest BCUT2D eigenvalue weighted by molar-refractivity contribution is 7.09. The number of benzene rings is 1. The van der Waals surface area contributed by atoms with Crippen LogP contribution in [-0.2, 0) is 0 Å². The van der Waals surface area contributed by atoms with Crippen LogP contribution in [0, 0.1) is 12.3 Å². The second-order valence-electron chi connectivity index (χ2n) is 4.35. The smallest absolute Gasteiger partial charge is 0.187 e. The van der Waals surface area contributed by atoms with E-state index in [4.69, 9.17) is 17.0 Å². The maximum atomic E-state index is 8.19. The van der Waals surface area contributed by atoms with Crippen LogP contribution in [0.25, 0.3) is 16.9 Å². The van der Waals surface area contributed by atoms with Crippen molar-refractivity contribution in [3.63, 3.8) is 0 Å². The average molecular weight is 302 g/mol. The lowest BCUT2D eigenvalue weighted by Crippen LogP contribution is -2.12. The predicted octanol–water partition coefficient (Wildman–Crippen LogP) is 4.04. The number of aromatic nitrogens is 2. The lowest BCUT2D eigenvalue weighted by atomic mass is 10.1. The molecule has 0 aliphatic carbocycles. The van der Waals surface area contributed by atoms with Crippen LogP contribution < -0.4 is 4.80 Å². The van der Waals surface area contributed by atoms with Crippen molar-refractivity contribution in [1.82, 2.24) is 9.55 Å². The third kappa shape index (κ3) is 2.28. The molecule has 100 valence electrons. The van der Waals surface area contributed by atoms with Gasteiger partial charge in [0.2, 0.25) is 0 Å². The van der Waals surface area contributed by atoms with Gasteiger partial charge in [-0.2, -0.15) is 0 Å². The molecule has 2 aromatic heterocycles. The molecule has 20 heavy (non-hydrogen) atoms. The Balaban J connectivity index is 2.26. The van der Waals surface area contributed by atoms with Crippen LogP contribution >= 0.6 is 22.9 Å². The molecule has 0 aliphatic heterocycles. The largest absolute Gasteiger partial charge is 0.284 e. The van der Waals surface area contributed by atoms with Crippen LogP contribution in [0.5, 0.6) is 0 Å². The van der Waals surface area contributed by atoms with Gasteiger partial charge >= 0.3 is 0 Å². The SMILES string of the molecule is Cc1sc(=N)n(-c2ccc(Cl)nc2)c1-c1ccccc1. The van der Waals surface area contributed by atoms with Crippen molar-refractivity contribution in [1.29, 1.82) is 5.41 Å². The van der Waals surface area contributed by atoms with Crippen LogP contribution in [0.2, 0.25) is 5.15 Å². The first-order valence-electron chi connectivity index (χ1n) is 6.11. The molecule has 3 nitrogen and oxygen atoms in total. The minimum absolute atomic E-state index is 0.453. The van der Waals surface area contributed by atoms with E-state index in [1.807, 2.05) is 47.9 Å². The lowest BCUT2D eigenvalue weighted by molar-refractivity contribution is 0.973. The molecule has 0 bridgehead atoms.